The molecule has 0 spiro atoms. The van der Waals surface area contributed by atoms with Gasteiger partial charge in [-0.25, -0.2) is 0 Å². The van der Waals surface area contributed by atoms with Crippen LogP contribution >= 0.6 is 0 Å². The molecule has 1 fully saturated rings. The number of rotatable bonds is 4. The first-order valence-corrected chi connectivity index (χ1v) is 5.73. The Kier molecular flexibility index (Phi) is 3.05. The maximum Gasteiger partial charge on any atom is 0.244 e. The van der Waals surface area contributed by atoms with E-state index in [1.54, 1.807) is 0 Å². The van der Waals surface area contributed by atoms with E-state index in [0.717, 1.165) is 5.89 Å². The van der Waals surface area contributed by atoms with Crippen LogP contribution < -0.4 is 5.32 Å². The standard InChI is InChI=1S/C11H19N3O/c1-7(2)10(13-9-5-4-6-9)11-12-8(3)14-15-11/h7,9-10,13H,4-6H2,1-3H3. The van der Waals surface area contributed by atoms with Crippen molar-refractivity contribution in [3.05, 3.63) is 11.7 Å². The zero-order valence-electron chi connectivity index (χ0n) is 9.66. The van der Waals surface area contributed by atoms with Crippen LogP contribution in [0.1, 0.15) is 50.9 Å². The third-order valence-electron chi connectivity index (χ3n) is 3.00. The number of aromatic nitrogens is 2. The summed E-state index contributed by atoms with van der Waals surface area (Å²) in [7, 11) is 0. The molecule has 4 heteroatoms. The fraction of sp³-hybridized carbons (Fsp3) is 0.818. The lowest BCUT2D eigenvalue weighted by Gasteiger charge is -2.31. The fourth-order valence-electron chi connectivity index (χ4n) is 1.82. The van der Waals surface area contributed by atoms with Gasteiger partial charge in [-0.05, 0) is 25.7 Å². The highest BCUT2D eigenvalue weighted by Gasteiger charge is 2.27. The van der Waals surface area contributed by atoms with Crippen LogP contribution in [0.5, 0.6) is 0 Å². The lowest BCUT2D eigenvalue weighted by molar-refractivity contribution is 0.228. The van der Waals surface area contributed by atoms with Crippen molar-refractivity contribution < 1.29 is 4.52 Å². The minimum atomic E-state index is 0.205. The number of aryl methyl sites for hydroxylation is 1. The zero-order valence-corrected chi connectivity index (χ0v) is 9.66. The van der Waals surface area contributed by atoms with Crippen molar-refractivity contribution in [3.8, 4) is 0 Å². The summed E-state index contributed by atoms with van der Waals surface area (Å²) >= 11 is 0. The summed E-state index contributed by atoms with van der Waals surface area (Å²) in [5.41, 5.74) is 0. The van der Waals surface area contributed by atoms with Crippen LogP contribution in [0, 0.1) is 12.8 Å². The summed E-state index contributed by atoms with van der Waals surface area (Å²) in [5.74, 6) is 1.92. The molecule has 1 aliphatic rings. The van der Waals surface area contributed by atoms with E-state index in [-0.39, 0.29) is 6.04 Å². The molecule has 1 saturated carbocycles. The minimum Gasteiger partial charge on any atom is -0.338 e. The summed E-state index contributed by atoms with van der Waals surface area (Å²) in [4.78, 5) is 4.30. The monoisotopic (exact) mass is 209 g/mol. The smallest absolute Gasteiger partial charge is 0.244 e. The molecule has 1 unspecified atom stereocenters. The highest BCUT2D eigenvalue weighted by molar-refractivity contribution is 4.95. The van der Waals surface area contributed by atoms with Crippen LogP contribution in [0.2, 0.25) is 0 Å². The first-order chi connectivity index (χ1) is 7.16. The van der Waals surface area contributed by atoms with E-state index >= 15 is 0 Å². The second-order valence-electron chi connectivity index (χ2n) is 4.70. The summed E-state index contributed by atoms with van der Waals surface area (Å²) in [6.07, 6.45) is 3.89. The molecule has 1 aromatic heterocycles. The SMILES string of the molecule is Cc1noc(C(NC2CCC2)C(C)C)n1. The summed E-state index contributed by atoms with van der Waals surface area (Å²) < 4.78 is 5.23. The van der Waals surface area contributed by atoms with E-state index in [1.165, 1.54) is 19.3 Å². The molecule has 1 aliphatic carbocycles. The highest BCUT2D eigenvalue weighted by atomic mass is 16.5. The quantitative estimate of drug-likeness (QED) is 0.826. The van der Waals surface area contributed by atoms with Crippen molar-refractivity contribution in [2.45, 2.75) is 52.1 Å². The largest absolute Gasteiger partial charge is 0.338 e. The minimum absolute atomic E-state index is 0.205. The summed E-state index contributed by atoms with van der Waals surface area (Å²) in [6, 6.07) is 0.848. The number of nitrogens with one attached hydrogen (secondary N) is 1. The Morgan fingerprint density at radius 2 is 2.13 bits per heavy atom. The Morgan fingerprint density at radius 3 is 2.53 bits per heavy atom. The predicted octanol–water partition coefficient (Wildman–Crippen LogP) is 2.22. The predicted molar refractivity (Wildman–Crippen MR) is 57.4 cm³/mol. The van der Waals surface area contributed by atoms with Crippen molar-refractivity contribution >= 4 is 0 Å². The van der Waals surface area contributed by atoms with Crippen molar-refractivity contribution in [3.63, 3.8) is 0 Å². The van der Waals surface area contributed by atoms with E-state index in [2.05, 4.69) is 29.3 Å². The maximum absolute atomic E-state index is 5.23. The summed E-state index contributed by atoms with van der Waals surface area (Å²) in [6.45, 7) is 6.21. The first-order valence-electron chi connectivity index (χ1n) is 5.73. The second-order valence-corrected chi connectivity index (χ2v) is 4.70. The van der Waals surface area contributed by atoms with Gasteiger partial charge in [-0.2, -0.15) is 4.98 Å². The van der Waals surface area contributed by atoms with E-state index in [0.29, 0.717) is 17.8 Å². The number of hydrogen-bond donors (Lipinski definition) is 1. The molecule has 0 radical (unpaired) electrons. The molecule has 84 valence electrons. The molecule has 1 atom stereocenters. The molecule has 0 bridgehead atoms. The van der Waals surface area contributed by atoms with Gasteiger partial charge in [0.2, 0.25) is 5.89 Å². The van der Waals surface area contributed by atoms with Gasteiger partial charge in [0.05, 0.1) is 6.04 Å². The van der Waals surface area contributed by atoms with Gasteiger partial charge in [0.15, 0.2) is 5.82 Å². The van der Waals surface area contributed by atoms with Gasteiger partial charge < -0.3 is 9.84 Å². The van der Waals surface area contributed by atoms with Crippen molar-refractivity contribution in [2.75, 3.05) is 0 Å². The Labute approximate surface area is 90.4 Å². The molecule has 0 saturated heterocycles. The Morgan fingerprint density at radius 1 is 1.40 bits per heavy atom. The molecule has 1 heterocycles. The van der Waals surface area contributed by atoms with Crippen molar-refractivity contribution in [2.24, 2.45) is 5.92 Å². The van der Waals surface area contributed by atoms with Crippen LogP contribution in [0.4, 0.5) is 0 Å². The van der Waals surface area contributed by atoms with Crippen LogP contribution in [-0.4, -0.2) is 16.2 Å². The third kappa shape index (κ3) is 2.37. The van der Waals surface area contributed by atoms with Crippen LogP contribution in [0.15, 0.2) is 4.52 Å². The molecular weight excluding hydrogens is 190 g/mol. The molecule has 4 nitrogen and oxygen atoms in total. The molecule has 0 amide bonds. The van der Waals surface area contributed by atoms with Crippen LogP contribution in [0.25, 0.3) is 0 Å². The Hall–Kier alpha value is -0.900. The molecule has 15 heavy (non-hydrogen) atoms. The fourth-order valence-corrected chi connectivity index (χ4v) is 1.82. The van der Waals surface area contributed by atoms with Gasteiger partial charge >= 0.3 is 0 Å². The van der Waals surface area contributed by atoms with Crippen LogP contribution in [-0.2, 0) is 0 Å². The van der Waals surface area contributed by atoms with Gasteiger partial charge in [-0.1, -0.05) is 25.4 Å². The van der Waals surface area contributed by atoms with Crippen molar-refractivity contribution in [1.29, 1.82) is 0 Å². The molecule has 1 N–H and O–H groups in total. The third-order valence-corrected chi connectivity index (χ3v) is 3.00. The van der Waals surface area contributed by atoms with E-state index < -0.39 is 0 Å². The van der Waals surface area contributed by atoms with Gasteiger partial charge in [0.1, 0.15) is 0 Å². The van der Waals surface area contributed by atoms with E-state index in [9.17, 15) is 0 Å². The normalized spacial score (nSPS) is 19.2. The zero-order chi connectivity index (χ0) is 10.8. The second kappa shape index (κ2) is 4.31. The first kappa shape index (κ1) is 10.6. The van der Waals surface area contributed by atoms with Crippen molar-refractivity contribution in [1.82, 2.24) is 15.5 Å². The Bertz CT molecular complexity index is 317. The maximum atomic E-state index is 5.23. The van der Waals surface area contributed by atoms with E-state index in [4.69, 9.17) is 4.52 Å². The molecule has 0 aliphatic heterocycles. The lowest BCUT2D eigenvalue weighted by atomic mass is 9.91. The topological polar surface area (TPSA) is 51.0 Å². The molecule has 0 aromatic carbocycles. The van der Waals surface area contributed by atoms with Gasteiger partial charge in [0.25, 0.3) is 0 Å². The molecule has 1 aromatic rings. The average molecular weight is 209 g/mol. The molecular formula is C11H19N3O. The van der Waals surface area contributed by atoms with Gasteiger partial charge in [-0.3, -0.25) is 0 Å². The summed E-state index contributed by atoms with van der Waals surface area (Å²) in [5, 5.41) is 7.43. The Balaban J connectivity index is 2.04. The number of hydrogen-bond acceptors (Lipinski definition) is 4. The highest BCUT2D eigenvalue weighted by Crippen LogP contribution is 2.26. The lowest BCUT2D eigenvalue weighted by Crippen LogP contribution is -2.39. The van der Waals surface area contributed by atoms with Gasteiger partial charge in [-0.15, -0.1) is 0 Å². The van der Waals surface area contributed by atoms with E-state index in [1.807, 2.05) is 6.92 Å². The van der Waals surface area contributed by atoms with Crippen LogP contribution in [0.3, 0.4) is 0 Å². The van der Waals surface area contributed by atoms with Gasteiger partial charge in [0, 0.05) is 6.04 Å². The number of nitrogens with zero attached hydrogens (tertiary/aromatic N) is 2. The molecule has 2 rings (SSSR count). The average Bonchev–Trinajstić information content (AvgIpc) is 2.49.